The molecule has 0 atom stereocenters. The van der Waals surface area contributed by atoms with Gasteiger partial charge in [-0.15, -0.1) is 0 Å². The average Bonchev–Trinajstić information content (AvgIpc) is 2.68. The fourth-order valence-electron chi connectivity index (χ4n) is 1.41. The van der Waals surface area contributed by atoms with Gasteiger partial charge in [0.05, 0.1) is 24.4 Å². The van der Waals surface area contributed by atoms with Gasteiger partial charge < -0.3 is 4.98 Å². The smallest absolute Gasteiger partial charge is 0.120 e. The topological polar surface area (TPSA) is 52.5 Å². The molecule has 2 rings (SSSR count). The Bertz CT molecular complexity index is 488. The minimum atomic E-state index is 0.325. The first-order chi connectivity index (χ1) is 7.29. The fraction of sp³-hybridized carbons (Fsp3) is 0.167. The molecule has 1 heterocycles. The highest BCUT2D eigenvalue weighted by atomic mass is 14.9. The SMILES string of the molecule is Cc1ccc(-c2cnc(CC#N)[nH]2)cc1. The van der Waals surface area contributed by atoms with Gasteiger partial charge in [-0.3, -0.25) is 0 Å². The number of nitrogens with zero attached hydrogens (tertiary/aromatic N) is 2. The van der Waals surface area contributed by atoms with Crippen LogP contribution >= 0.6 is 0 Å². The van der Waals surface area contributed by atoms with Crippen molar-refractivity contribution in [3.8, 4) is 17.3 Å². The quantitative estimate of drug-likeness (QED) is 0.803. The molecule has 0 unspecified atom stereocenters. The van der Waals surface area contributed by atoms with Gasteiger partial charge in [-0.05, 0) is 12.5 Å². The van der Waals surface area contributed by atoms with E-state index in [1.165, 1.54) is 5.56 Å². The minimum absolute atomic E-state index is 0.325. The van der Waals surface area contributed by atoms with Gasteiger partial charge in [-0.2, -0.15) is 5.26 Å². The number of aromatic amines is 1. The van der Waals surface area contributed by atoms with E-state index in [1.54, 1.807) is 6.20 Å². The van der Waals surface area contributed by atoms with E-state index in [4.69, 9.17) is 5.26 Å². The molecule has 3 heteroatoms. The lowest BCUT2D eigenvalue weighted by Crippen LogP contribution is -1.84. The molecule has 0 radical (unpaired) electrons. The van der Waals surface area contributed by atoms with Crippen LogP contribution in [0.4, 0.5) is 0 Å². The molecule has 15 heavy (non-hydrogen) atoms. The molecule has 1 aromatic carbocycles. The molecule has 0 aliphatic rings. The zero-order valence-corrected chi connectivity index (χ0v) is 8.49. The van der Waals surface area contributed by atoms with Crippen molar-refractivity contribution in [2.75, 3.05) is 0 Å². The number of rotatable bonds is 2. The Morgan fingerprint density at radius 1 is 1.33 bits per heavy atom. The molecule has 0 bridgehead atoms. The maximum absolute atomic E-state index is 8.53. The van der Waals surface area contributed by atoms with E-state index in [-0.39, 0.29) is 0 Å². The molecule has 0 spiro atoms. The molecular weight excluding hydrogens is 186 g/mol. The number of H-pyrrole nitrogens is 1. The molecule has 0 fully saturated rings. The number of aryl methyl sites for hydroxylation is 1. The molecule has 0 aliphatic carbocycles. The molecule has 0 saturated carbocycles. The zero-order chi connectivity index (χ0) is 10.7. The molecule has 74 valence electrons. The monoisotopic (exact) mass is 197 g/mol. The zero-order valence-electron chi connectivity index (χ0n) is 8.49. The lowest BCUT2D eigenvalue weighted by atomic mass is 10.1. The number of nitrogens with one attached hydrogen (secondary N) is 1. The van der Waals surface area contributed by atoms with E-state index >= 15 is 0 Å². The van der Waals surface area contributed by atoms with Crippen LogP contribution in [0.25, 0.3) is 11.3 Å². The van der Waals surface area contributed by atoms with E-state index in [0.29, 0.717) is 12.2 Å². The molecule has 1 aromatic heterocycles. The summed E-state index contributed by atoms with van der Waals surface area (Å²) in [5, 5.41) is 8.53. The van der Waals surface area contributed by atoms with Crippen molar-refractivity contribution < 1.29 is 0 Å². The number of nitriles is 1. The van der Waals surface area contributed by atoms with Crippen molar-refractivity contribution in [1.82, 2.24) is 9.97 Å². The number of benzene rings is 1. The first kappa shape index (κ1) is 9.47. The van der Waals surface area contributed by atoms with Crippen molar-refractivity contribution in [1.29, 1.82) is 5.26 Å². The van der Waals surface area contributed by atoms with Crippen LogP contribution in [-0.2, 0) is 6.42 Å². The first-order valence-electron chi connectivity index (χ1n) is 4.77. The third kappa shape index (κ3) is 2.05. The highest BCUT2D eigenvalue weighted by Crippen LogP contribution is 2.17. The van der Waals surface area contributed by atoms with E-state index < -0.39 is 0 Å². The molecule has 0 amide bonds. The third-order valence-corrected chi connectivity index (χ3v) is 2.24. The second-order valence-corrected chi connectivity index (χ2v) is 3.44. The van der Waals surface area contributed by atoms with Crippen LogP contribution in [0.15, 0.2) is 30.5 Å². The fourth-order valence-corrected chi connectivity index (χ4v) is 1.41. The predicted octanol–water partition coefficient (Wildman–Crippen LogP) is 2.45. The summed E-state index contributed by atoms with van der Waals surface area (Å²) in [6.07, 6.45) is 2.09. The van der Waals surface area contributed by atoms with Gasteiger partial charge in [0.15, 0.2) is 0 Å². The Labute approximate surface area is 88.4 Å². The molecule has 0 saturated heterocycles. The minimum Gasteiger partial charge on any atom is -0.341 e. The highest BCUT2D eigenvalue weighted by Gasteiger charge is 2.01. The predicted molar refractivity (Wildman–Crippen MR) is 58.1 cm³/mol. The number of imidazole rings is 1. The van der Waals surface area contributed by atoms with Gasteiger partial charge >= 0.3 is 0 Å². The van der Waals surface area contributed by atoms with Crippen molar-refractivity contribution >= 4 is 0 Å². The van der Waals surface area contributed by atoms with E-state index in [1.807, 2.05) is 12.1 Å². The first-order valence-corrected chi connectivity index (χ1v) is 4.77. The molecule has 0 aliphatic heterocycles. The van der Waals surface area contributed by atoms with Crippen molar-refractivity contribution in [2.24, 2.45) is 0 Å². The van der Waals surface area contributed by atoms with E-state index in [2.05, 4.69) is 35.1 Å². The molecule has 2 aromatic rings. The Hall–Kier alpha value is -2.08. The van der Waals surface area contributed by atoms with Crippen LogP contribution in [0, 0.1) is 18.3 Å². The second kappa shape index (κ2) is 3.97. The maximum Gasteiger partial charge on any atom is 0.120 e. The van der Waals surface area contributed by atoms with Crippen LogP contribution in [0.3, 0.4) is 0 Å². The van der Waals surface area contributed by atoms with Gasteiger partial charge in [0.2, 0.25) is 0 Å². The van der Waals surface area contributed by atoms with Crippen LogP contribution in [0.2, 0.25) is 0 Å². The summed E-state index contributed by atoms with van der Waals surface area (Å²) in [6, 6.07) is 10.3. The normalized spacial score (nSPS) is 9.87. The third-order valence-electron chi connectivity index (χ3n) is 2.24. The lowest BCUT2D eigenvalue weighted by Gasteiger charge is -1.97. The summed E-state index contributed by atoms with van der Waals surface area (Å²) in [6.45, 7) is 2.05. The van der Waals surface area contributed by atoms with Crippen molar-refractivity contribution in [3.05, 3.63) is 41.9 Å². The van der Waals surface area contributed by atoms with Gasteiger partial charge in [0, 0.05) is 0 Å². The summed E-state index contributed by atoms with van der Waals surface area (Å²) >= 11 is 0. The van der Waals surface area contributed by atoms with Crippen molar-refractivity contribution in [3.63, 3.8) is 0 Å². The summed E-state index contributed by atoms with van der Waals surface area (Å²) in [4.78, 5) is 7.24. The lowest BCUT2D eigenvalue weighted by molar-refractivity contribution is 1.06. The number of hydrogen-bond acceptors (Lipinski definition) is 2. The Morgan fingerprint density at radius 2 is 2.07 bits per heavy atom. The Balaban J connectivity index is 2.30. The van der Waals surface area contributed by atoms with Crippen LogP contribution in [-0.4, -0.2) is 9.97 Å². The highest BCUT2D eigenvalue weighted by molar-refractivity contribution is 5.58. The number of aromatic nitrogens is 2. The van der Waals surface area contributed by atoms with Crippen LogP contribution < -0.4 is 0 Å². The van der Waals surface area contributed by atoms with E-state index in [0.717, 1.165) is 11.3 Å². The summed E-state index contributed by atoms with van der Waals surface area (Å²) in [5.74, 6) is 0.716. The van der Waals surface area contributed by atoms with Gasteiger partial charge in [-0.25, -0.2) is 4.98 Å². The Morgan fingerprint density at radius 3 is 2.73 bits per heavy atom. The van der Waals surface area contributed by atoms with Gasteiger partial charge in [0.1, 0.15) is 5.82 Å². The van der Waals surface area contributed by atoms with E-state index in [9.17, 15) is 0 Å². The van der Waals surface area contributed by atoms with Crippen molar-refractivity contribution in [2.45, 2.75) is 13.3 Å². The maximum atomic E-state index is 8.53. The van der Waals surface area contributed by atoms with Gasteiger partial charge in [0.25, 0.3) is 0 Å². The Kier molecular flexibility index (Phi) is 2.51. The summed E-state index contributed by atoms with van der Waals surface area (Å²) < 4.78 is 0. The average molecular weight is 197 g/mol. The summed E-state index contributed by atoms with van der Waals surface area (Å²) in [7, 11) is 0. The second-order valence-electron chi connectivity index (χ2n) is 3.44. The largest absolute Gasteiger partial charge is 0.341 e. The molecule has 1 N–H and O–H groups in total. The van der Waals surface area contributed by atoms with Gasteiger partial charge in [-0.1, -0.05) is 29.8 Å². The molecular formula is C12H11N3. The molecule has 3 nitrogen and oxygen atoms in total. The van der Waals surface area contributed by atoms with Crippen LogP contribution in [0.1, 0.15) is 11.4 Å². The summed E-state index contributed by atoms with van der Waals surface area (Å²) in [5.41, 5.74) is 3.29. The number of hydrogen-bond donors (Lipinski definition) is 1. The van der Waals surface area contributed by atoms with Crippen LogP contribution in [0.5, 0.6) is 0 Å². The standard InChI is InChI=1S/C12H11N3/c1-9-2-4-10(5-3-9)11-8-14-12(15-11)6-7-13/h2-5,8H,6H2,1H3,(H,14,15).